The van der Waals surface area contributed by atoms with Gasteiger partial charge in [-0.25, -0.2) is 18.1 Å². The molecule has 1 aromatic carbocycles. The highest BCUT2D eigenvalue weighted by molar-refractivity contribution is 7.84. The molecule has 20 heavy (non-hydrogen) atoms. The number of esters is 1. The zero-order valence-corrected chi connectivity index (χ0v) is 12.9. The quantitative estimate of drug-likeness (QED) is 0.849. The monoisotopic (exact) mass is 301 g/mol. The van der Waals surface area contributed by atoms with E-state index in [0.717, 1.165) is 7.11 Å². The fourth-order valence-electron chi connectivity index (χ4n) is 1.50. The van der Waals surface area contributed by atoms with Gasteiger partial charge in [0.25, 0.3) is 0 Å². The third-order valence-corrected chi connectivity index (χ3v) is 4.25. The second kappa shape index (κ2) is 6.95. The highest BCUT2D eigenvalue weighted by atomic mass is 32.2. The highest BCUT2D eigenvalue weighted by Crippen LogP contribution is 2.23. The number of alkyl halides is 1. The van der Waals surface area contributed by atoms with Crippen molar-refractivity contribution in [2.24, 2.45) is 0 Å². The summed E-state index contributed by atoms with van der Waals surface area (Å²) >= 11 is 0. The molecule has 0 saturated carbocycles. The Morgan fingerprint density at radius 1 is 1.30 bits per heavy atom. The molecule has 112 valence electrons. The van der Waals surface area contributed by atoms with Gasteiger partial charge in [0, 0.05) is 0 Å². The molecule has 0 aliphatic carbocycles. The topological polar surface area (TPSA) is 55.4 Å². The van der Waals surface area contributed by atoms with Gasteiger partial charge in [0.05, 0.1) is 28.9 Å². The van der Waals surface area contributed by atoms with Gasteiger partial charge >= 0.3 is 5.97 Å². The minimum atomic E-state index is -1.92. The molecule has 0 aliphatic heterocycles. The van der Waals surface area contributed by atoms with Gasteiger partial charge in [-0.15, -0.1) is 0 Å². The van der Waals surface area contributed by atoms with Crippen LogP contribution in [0.15, 0.2) is 30.3 Å². The van der Waals surface area contributed by atoms with Crippen LogP contribution in [0.1, 0.15) is 32.4 Å². The number of benzene rings is 1. The standard InChI is InChI=1S/C14H20FNO3S/c1-14(2,3)20(18)16-12(11(15)13(17)19-4)10-8-6-5-7-9-10/h5-9,11-12,16H,1-4H3. The van der Waals surface area contributed by atoms with Crippen LogP contribution in [-0.2, 0) is 20.5 Å². The maximum Gasteiger partial charge on any atom is 0.342 e. The van der Waals surface area contributed by atoms with Crippen LogP contribution in [0.5, 0.6) is 0 Å². The molecule has 0 aromatic heterocycles. The van der Waals surface area contributed by atoms with E-state index >= 15 is 0 Å². The summed E-state index contributed by atoms with van der Waals surface area (Å²) in [5, 5.41) is 0. The summed E-state index contributed by atoms with van der Waals surface area (Å²) in [5.41, 5.74) is 0.544. The van der Waals surface area contributed by atoms with Crippen LogP contribution in [0.3, 0.4) is 0 Å². The third kappa shape index (κ3) is 4.38. The molecule has 0 bridgehead atoms. The average molecular weight is 301 g/mol. The van der Waals surface area contributed by atoms with E-state index in [1.54, 1.807) is 51.1 Å². The first-order valence-corrected chi connectivity index (χ1v) is 7.37. The van der Waals surface area contributed by atoms with Gasteiger partial charge in [0.15, 0.2) is 0 Å². The van der Waals surface area contributed by atoms with Crippen molar-refractivity contribution in [3.8, 4) is 0 Å². The lowest BCUT2D eigenvalue weighted by Gasteiger charge is -2.25. The molecule has 0 spiro atoms. The van der Waals surface area contributed by atoms with E-state index in [0.29, 0.717) is 5.56 Å². The van der Waals surface area contributed by atoms with E-state index in [2.05, 4.69) is 9.46 Å². The van der Waals surface area contributed by atoms with Gasteiger partial charge in [-0.1, -0.05) is 30.3 Å². The van der Waals surface area contributed by atoms with Crippen molar-refractivity contribution >= 4 is 17.0 Å². The number of rotatable bonds is 5. The zero-order chi connectivity index (χ0) is 15.3. The number of nitrogens with one attached hydrogen (secondary N) is 1. The number of methoxy groups -OCH3 is 1. The molecule has 0 aliphatic rings. The Hall–Kier alpha value is -1.27. The lowest BCUT2D eigenvalue weighted by molar-refractivity contribution is -0.147. The van der Waals surface area contributed by atoms with Gasteiger partial charge in [0.1, 0.15) is 0 Å². The number of carbonyl (C=O) groups is 1. The van der Waals surface area contributed by atoms with E-state index in [-0.39, 0.29) is 0 Å². The Bertz CT molecular complexity index is 473. The SMILES string of the molecule is COC(=O)C(F)C(NS(=O)C(C)(C)C)c1ccccc1. The number of halogens is 1. The first-order valence-electron chi connectivity index (χ1n) is 6.22. The highest BCUT2D eigenvalue weighted by Gasteiger charge is 2.33. The van der Waals surface area contributed by atoms with Crippen LogP contribution in [-0.4, -0.2) is 28.2 Å². The van der Waals surface area contributed by atoms with Gasteiger partial charge in [-0.3, -0.25) is 0 Å². The summed E-state index contributed by atoms with van der Waals surface area (Å²) in [6.45, 7) is 5.30. The van der Waals surface area contributed by atoms with E-state index < -0.39 is 33.9 Å². The summed E-state index contributed by atoms with van der Waals surface area (Å²) in [5.74, 6) is -0.989. The Morgan fingerprint density at radius 2 is 1.85 bits per heavy atom. The Morgan fingerprint density at radius 3 is 2.30 bits per heavy atom. The predicted octanol–water partition coefficient (Wildman–Crippen LogP) is 2.29. The van der Waals surface area contributed by atoms with Crippen LogP contribution in [0, 0.1) is 0 Å². The lowest BCUT2D eigenvalue weighted by Crippen LogP contribution is -2.41. The molecule has 0 radical (unpaired) electrons. The van der Waals surface area contributed by atoms with Gasteiger partial charge < -0.3 is 4.74 Å². The molecule has 1 N–H and O–H groups in total. The van der Waals surface area contributed by atoms with Gasteiger partial charge in [-0.2, -0.15) is 0 Å². The maximum absolute atomic E-state index is 14.2. The molecule has 6 heteroatoms. The van der Waals surface area contributed by atoms with Gasteiger partial charge in [-0.05, 0) is 26.3 Å². The van der Waals surface area contributed by atoms with E-state index in [9.17, 15) is 13.4 Å². The summed E-state index contributed by atoms with van der Waals surface area (Å²) in [4.78, 5) is 11.4. The molecule has 0 amide bonds. The average Bonchev–Trinajstić information content (AvgIpc) is 2.42. The number of carbonyl (C=O) groups excluding carboxylic acids is 1. The number of ether oxygens (including phenoxy) is 1. The fourth-order valence-corrected chi connectivity index (χ4v) is 2.34. The van der Waals surface area contributed by atoms with E-state index in [4.69, 9.17) is 0 Å². The van der Waals surface area contributed by atoms with Crippen molar-refractivity contribution in [2.75, 3.05) is 7.11 Å². The lowest BCUT2D eigenvalue weighted by atomic mass is 10.0. The molecule has 3 unspecified atom stereocenters. The maximum atomic E-state index is 14.2. The number of hydrogen-bond acceptors (Lipinski definition) is 3. The molecule has 1 aromatic rings. The third-order valence-electron chi connectivity index (χ3n) is 2.67. The Kier molecular flexibility index (Phi) is 5.83. The smallest absolute Gasteiger partial charge is 0.342 e. The second-order valence-electron chi connectivity index (χ2n) is 5.31. The molecule has 0 saturated heterocycles. The summed E-state index contributed by atoms with van der Waals surface area (Å²) in [6.07, 6.45) is -1.92. The van der Waals surface area contributed by atoms with Crippen molar-refractivity contribution < 1.29 is 18.1 Å². The molecule has 0 heterocycles. The fraction of sp³-hybridized carbons (Fsp3) is 0.500. The normalized spacial score (nSPS) is 16.2. The van der Waals surface area contributed by atoms with E-state index in [1.165, 1.54) is 0 Å². The molecule has 3 atom stereocenters. The van der Waals surface area contributed by atoms with Crippen molar-refractivity contribution in [1.82, 2.24) is 4.72 Å². The van der Waals surface area contributed by atoms with Crippen LogP contribution in [0.2, 0.25) is 0 Å². The van der Waals surface area contributed by atoms with E-state index in [1.807, 2.05) is 0 Å². The molecule has 0 fully saturated rings. The zero-order valence-electron chi connectivity index (χ0n) is 12.1. The van der Waals surface area contributed by atoms with Crippen molar-refractivity contribution in [3.63, 3.8) is 0 Å². The number of hydrogen-bond donors (Lipinski definition) is 1. The van der Waals surface area contributed by atoms with Crippen LogP contribution < -0.4 is 4.72 Å². The van der Waals surface area contributed by atoms with Crippen molar-refractivity contribution in [1.29, 1.82) is 0 Å². The summed E-state index contributed by atoms with van der Waals surface area (Å²) in [6, 6.07) is 7.58. The minimum Gasteiger partial charge on any atom is -0.467 e. The molecule has 1 rings (SSSR count). The summed E-state index contributed by atoms with van der Waals surface area (Å²) < 4.78 is 32.9. The van der Waals surface area contributed by atoms with Crippen molar-refractivity contribution in [2.45, 2.75) is 37.7 Å². The Balaban J connectivity index is 3.03. The van der Waals surface area contributed by atoms with Crippen molar-refractivity contribution in [3.05, 3.63) is 35.9 Å². The van der Waals surface area contributed by atoms with Crippen LogP contribution in [0.25, 0.3) is 0 Å². The minimum absolute atomic E-state index is 0.544. The Labute approximate surface area is 121 Å². The van der Waals surface area contributed by atoms with Gasteiger partial charge in [0.2, 0.25) is 6.17 Å². The first kappa shape index (κ1) is 16.8. The van der Waals surface area contributed by atoms with Crippen LogP contribution in [0.4, 0.5) is 4.39 Å². The largest absolute Gasteiger partial charge is 0.467 e. The second-order valence-corrected chi connectivity index (χ2v) is 7.31. The first-order chi connectivity index (χ1) is 9.27. The van der Waals surface area contributed by atoms with Crippen LogP contribution >= 0.6 is 0 Å². The summed E-state index contributed by atoms with van der Waals surface area (Å²) in [7, 11) is -0.382. The molecular weight excluding hydrogens is 281 g/mol. The predicted molar refractivity (Wildman–Crippen MR) is 77.1 cm³/mol. The molecular formula is C14H20FNO3S. The molecule has 4 nitrogen and oxygen atoms in total.